The first-order valence-corrected chi connectivity index (χ1v) is 6.32. The second-order valence-electron chi connectivity index (χ2n) is 3.38. The predicted molar refractivity (Wildman–Crippen MR) is 58.9 cm³/mol. The molecule has 1 aromatic heterocycles. The van der Waals surface area contributed by atoms with Crippen LogP contribution in [0, 0.1) is 0 Å². The molecule has 0 atom stereocenters. The number of hydrogen-bond acceptors (Lipinski definition) is 5. The Balaban J connectivity index is 2.70. The third kappa shape index (κ3) is 4.14. The van der Waals surface area contributed by atoms with Gasteiger partial charge in [-0.2, -0.15) is 5.10 Å². The van der Waals surface area contributed by atoms with Crippen molar-refractivity contribution >= 4 is 21.9 Å². The summed E-state index contributed by atoms with van der Waals surface area (Å²) < 4.78 is 26.4. The molecule has 0 radical (unpaired) electrons. The molecule has 0 aromatic carbocycles. The summed E-state index contributed by atoms with van der Waals surface area (Å²) in [5, 5.41) is 12.1. The highest BCUT2D eigenvalue weighted by atomic mass is 32.2. The van der Waals surface area contributed by atoms with Crippen LogP contribution in [0.4, 0.5) is 0 Å². The summed E-state index contributed by atoms with van der Waals surface area (Å²) in [5.74, 6) is -1.76. The maximum atomic E-state index is 11.6. The fraction of sp³-hybridized carbons (Fsp3) is 0.375. The number of carbonyl (C=O) groups excluding carboxylic acids is 1. The molecule has 100 valence electrons. The molecule has 4 N–H and O–H groups in total. The monoisotopic (exact) mass is 276 g/mol. The van der Waals surface area contributed by atoms with Crippen LogP contribution in [0.15, 0.2) is 17.3 Å². The minimum atomic E-state index is -3.80. The first kappa shape index (κ1) is 14.1. The third-order valence-electron chi connectivity index (χ3n) is 1.88. The van der Waals surface area contributed by atoms with Gasteiger partial charge in [0.25, 0.3) is 0 Å². The minimum Gasteiger partial charge on any atom is -0.480 e. The number of primary amides is 1. The molecule has 0 saturated carbocycles. The highest BCUT2D eigenvalue weighted by Gasteiger charge is 2.16. The van der Waals surface area contributed by atoms with Crippen molar-refractivity contribution in [1.29, 1.82) is 0 Å². The van der Waals surface area contributed by atoms with E-state index in [2.05, 4.69) is 9.82 Å². The second kappa shape index (κ2) is 5.60. The molecule has 0 aliphatic carbocycles. The van der Waals surface area contributed by atoms with Crippen LogP contribution in [-0.4, -0.2) is 41.7 Å². The Morgan fingerprint density at radius 3 is 2.72 bits per heavy atom. The highest BCUT2D eigenvalue weighted by molar-refractivity contribution is 7.89. The molecule has 1 heterocycles. The van der Waals surface area contributed by atoms with E-state index in [1.165, 1.54) is 0 Å². The lowest BCUT2D eigenvalue weighted by atomic mass is 10.4. The zero-order chi connectivity index (χ0) is 13.8. The number of hydrogen-bond donors (Lipinski definition) is 3. The number of nitrogens with two attached hydrogens (primary N) is 1. The van der Waals surface area contributed by atoms with Gasteiger partial charge < -0.3 is 10.8 Å². The van der Waals surface area contributed by atoms with Crippen molar-refractivity contribution in [3.8, 4) is 0 Å². The van der Waals surface area contributed by atoms with E-state index in [9.17, 15) is 18.0 Å². The van der Waals surface area contributed by atoms with Crippen molar-refractivity contribution in [2.45, 2.75) is 17.9 Å². The van der Waals surface area contributed by atoms with Crippen LogP contribution in [0.5, 0.6) is 0 Å². The van der Waals surface area contributed by atoms with E-state index in [4.69, 9.17) is 10.8 Å². The van der Waals surface area contributed by atoms with E-state index in [-0.39, 0.29) is 17.9 Å². The fourth-order valence-corrected chi connectivity index (χ4v) is 2.08. The van der Waals surface area contributed by atoms with Crippen molar-refractivity contribution in [1.82, 2.24) is 14.5 Å². The average Bonchev–Trinajstić information content (AvgIpc) is 2.64. The van der Waals surface area contributed by atoms with Gasteiger partial charge in [-0.15, -0.1) is 0 Å². The minimum absolute atomic E-state index is 0.123. The van der Waals surface area contributed by atoms with Gasteiger partial charge in [0.2, 0.25) is 15.9 Å². The Labute approximate surface area is 103 Å². The molecular formula is C8H12N4O5S. The lowest BCUT2D eigenvalue weighted by Crippen LogP contribution is -2.27. The number of aliphatic carboxylic acids is 1. The number of nitrogens with zero attached hydrogens (tertiary/aromatic N) is 2. The molecule has 1 aromatic rings. The van der Waals surface area contributed by atoms with Crippen LogP contribution in [0.3, 0.4) is 0 Å². The molecule has 0 aliphatic heterocycles. The number of amides is 1. The van der Waals surface area contributed by atoms with Gasteiger partial charge in [-0.1, -0.05) is 0 Å². The number of nitrogens with one attached hydrogen (secondary N) is 1. The number of carbonyl (C=O) groups is 2. The van der Waals surface area contributed by atoms with E-state index in [1.54, 1.807) is 0 Å². The molecule has 0 spiro atoms. The number of aromatic nitrogens is 2. The van der Waals surface area contributed by atoms with Gasteiger partial charge in [-0.3, -0.25) is 14.3 Å². The zero-order valence-electron chi connectivity index (χ0n) is 9.24. The lowest BCUT2D eigenvalue weighted by Gasteiger charge is -2.02. The van der Waals surface area contributed by atoms with Crippen LogP contribution in [-0.2, 0) is 26.2 Å². The third-order valence-corrected chi connectivity index (χ3v) is 3.30. The first-order valence-electron chi connectivity index (χ1n) is 4.83. The van der Waals surface area contributed by atoms with Gasteiger partial charge in [0.1, 0.15) is 11.4 Å². The summed E-state index contributed by atoms with van der Waals surface area (Å²) in [4.78, 5) is 20.7. The summed E-state index contributed by atoms with van der Waals surface area (Å²) in [6.07, 6.45) is 1.98. The molecule has 1 rings (SSSR count). The fourth-order valence-electron chi connectivity index (χ4n) is 1.10. The Hall–Kier alpha value is -1.94. The Kier molecular flexibility index (Phi) is 4.39. The van der Waals surface area contributed by atoms with Gasteiger partial charge in [-0.25, -0.2) is 13.1 Å². The summed E-state index contributed by atoms with van der Waals surface area (Å²) >= 11 is 0. The largest absolute Gasteiger partial charge is 0.480 e. The Morgan fingerprint density at radius 1 is 1.50 bits per heavy atom. The van der Waals surface area contributed by atoms with Gasteiger partial charge >= 0.3 is 5.97 Å². The van der Waals surface area contributed by atoms with E-state index in [0.717, 1.165) is 17.1 Å². The van der Waals surface area contributed by atoms with E-state index < -0.39 is 28.4 Å². The second-order valence-corrected chi connectivity index (χ2v) is 5.15. The highest BCUT2D eigenvalue weighted by Crippen LogP contribution is 2.06. The number of carboxylic acids is 1. The molecule has 9 nitrogen and oxygen atoms in total. The maximum absolute atomic E-state index is 11.6. The quantitative estimate of drug-likeness (QED) is 0.531. The number of carboxylic acid groups (broad SMARTS) is 1. The maximum Gasteiger partial charge on any atom is 0.325 e. The van der Waals surface area contributed by atoms with Gasteiger partial charge in [0, 0.05) is 19.2 Å². The summed E-state index contributed by atoms with van der Waals surface area (Å²) in [7, 11) is -3.80. The summed E-state index contributed by atoms with van der Waals surface area (Å²) in [5.41, 5.74) is 4.86. The molecule has 10 heteroatoms. The average molecular weight is 276 g/mol. The van der Waals surface area contributed by atoms with Crippen molar-refractivity contribution < 1.29 is 23.1 Å². The molecule has 18 heavy (non-hydrogen) atoms. The predicted octanol–water partition coefficient (Wildman–Crippen LogP) is -1.88. The SMILES string of the molecule is NC(=O)CCNS(=O)(=O)c1cnn(CC(=O)O)c1. The van der Waals surface area contributed by atoms with Crippen LogP contribution < -0.4 is 10.5 Å². The topological polar surface area (TPSA) is 144 Å². The van der Waals surface area contributed by atoms with Gasteiger partial charge in [0.05, 0.1) is 6.20 Å². The van der Waals surface area contributed by atoms with Gasteiger partial charge in [0.15, 0.2) is 0 Å². The van der Waals surface area contributed by atoms with Crippen molar-refractivity contribution in [2.24, 2.45) is 5.73 Å². The smallest absolute Gasteiger partial charge is 0.325 e. The first-order chi connectivity index (χ1) is 8.31. The van der Waals surface area contributed by atoms with Crippen LogP contribution >= 0.6 is 0 Å². The molecule has 0 aliphatic rings. The molecule has 1 amide bonds. The number of rotatable bonds is 7. The Bertz CT molecular complexity index is 550. The molecule has 0 saturated heterocycles. The number of sulfonamides is 1. The van der Waals surface area contributed by atoms with Crippen LogP contribution in [0.2, 0.25) is 0 Å². The van der Waals surface area contributed by atoms with Gasteiger partial charge in [-0.05, 0) is 0 Å². The molecule has 0 bridgehead atoms. The molecule has 0 fully saturated rings. The van der Waals surface area contributed by atoms with Crippen molar-refractivity contribution in [3.63, 3.8) is 0 Å². The lowest BCUT2D eigenvalue weighted by molar-refractivity contribution is -0.137. The van der Waals surface area contributed by atoms with E-state index in [1.807, 2.05) is 0 Å². The zero-order valence-corrected chi connectivity index (χ0v) is 10.1. The molecule has 0 unspecified atom stereocenters. The van der Waals surface area contributed by atoms with E-state index >= 15 is 0 Å². The standard InChI is InChI=1S/C8H12N4O5S/c9-7(13)1-2-11-18(16,17)6-3-10-12(4-6)5-8(14)15/h3-4,11H,1-2,5H2,(H2,9,13)(H,14,15). The normalized spacial score (nSPS) is 11.3. The van der Waals surface area contributed by atoms with Crippen molar-refractivity contribution in [3.05, 3.63) is 12.4 Å². The van der Waals surface area contributed by atoms with Crippen molar-refractivity contribution in [2.75, 3.05) is 6.54 Å². The Morgan fingerprint density at radius 2 is 2.17 bits per heavy atom. The summed E-state index contributed by atoms with van der Waals surface area (Å²) in [6, 6.07) is 0. The molecular weight excluding hydrogens is 264 g/mol. The van der Waals surface area contributed by atoms with Crippen LogP contribution in [0.1, 0.15) is 6.42 Å². The summed E-state index contributed by atoms with van der Waals surface area (Å²) in [6.45, 7) is -0.557. The van der Waals surface area contributed by atoms with Crippen LogP contribution in [0.25, 0.3) is 0 Å². The van der Waals surface area contributed by atoms with E-state index in [0.29, 0.717) is 0 Å².